The first-order valence-electron chi connectivity index (χ1n) is 11.0. The second-order valence-electron chi connectivity index (χ2n) is 8.09. The molecule has 0 radical (unpaired) electrons. The summed E-state index contributed by atoms with van der Waals surface area (Å²) in [5.74, 6) is 1.21. The number of nitrogens with zero attached hydrogens (tertiary/aromatic N) is 3. The molecular formula is C23H29ClN4OS. The van der Waals surface area contributed by atoms with Crippen molar-refractivity contribution in [3.05, 3.63) is 40.9 Å². The zero-order chi connectivity index (χ0) is 20.8. The van der Waals surface area contributed by atoms with E-state index in [1.807, 2.05) is 24.3 Å². The third kappa shape index (κ3) is 5.27. The van der Waals surface area contributed by atoms with Crippen LogP contribution in [0.1, 0.15) is 63.8 Å². The van der Waals surface area contributed by atoms with Crippen molar-refractivity contribution in [3.8, 4) is 11.4 Å². The summed E-state index contributed by atoms with van der Waals surface area (Å²) in [6.07, 6.45) is 12.9. The minimum absolute atomic E-state index is 0.0525. The number of benzene rings is 1. The van der Waals surface area contributed by atoms with E-state index in [1.54, 1.807) is 0 Å². The molecule has 0 bridgehead atoms. The Morgan fingerprint density at radius 3 is 2.77 bits per heavy atom. The molecule has 2 aliphatic rings. The fourth-order valence-electron chi connectivity index (χ4n) is 4.37. The SMILES string of the molecule is O=C(CSc1nnc(-c2ccccc2Cl)n1C1CCCC1)NCCC1=CCCCC1. The number of amides is 1. The maximum absolute atomic E-state index is 12.4. The first-order chi connectivity index (χ1) is 14.7. The van der Waals surface area contributed by atoms with Gasteiger partial charge in [0.1, 0.15) is 0 Å². The van der Waals surface area contributed by atoms with Crippen molar-refractivity contribution in [1.82, 2.24) is 20.1 Å². The Morgan fingerprint density at radius 2 is 2.00 bits per heavy atom. The highest BCUT2D eigenvalue weighted by atomic mass is 35.5. The minimum atomic E-state index is 0.0525. The lowest BCUT2D eigenvalue weighted by atomic mass is 9.97. The van der Waals surface area contributed by atoms with Crippen molar-refractivity contribution in [2.24, 2.45) is 0 Å². The van der Waals surface area contributed by atoms with Gasteiger partial charge in [0.25, 0.3) is 0 Å². The Kier molecular flexibility index (Phi) is 7.50. The quantitative estimate of drug-likeness (QED) is 0.412. The molecule has 1 aromatic heterocycles. The topological polar surface area (TPSA) is 59.8 Å². The maximum Gasteiger partial charge on any atom is 0.230 e. The summed E-state index contributed by atoms with van der Waals surface area (Å²) in [4.78, 5) is 12.4. The minimum Gasteiger partial charge on any atom is -0.355 e. The van der Waals surface area contributed by atoms with Gasteiger partial charge < -0.3 is 5.32 Å². The molecule has 160 valence electrons. The number of thioether (sulfide) groups is 1. The fraction of sp³-hybridized carbons (Fsp3) is 0.522. The van der Waals surface area contributed by atoms with Gasteiger partial charge >= 0.3 is 0 Å². The highest BCUT2D eigenvalue weighted by molar-refractivity contribution is 7.99. The zero-order valence-corrected chi connectivity index (χ0v) is 18.9. The summed E-state index contributed by atoms with van der Waals surface area (Å²) in [5, 5.41) is 13.4. The number of hydrogen-bond acceptors (Lipinski definition) is 4. The Balaban J connectivity index is 1.40. The van der Waals surface area contributed by atoms with E-state index in [0.29, 0.717) is 23.4 Å². The molecule has 1 fully saturated rings. The molecular weight excluding hydrogens is 416 g/mol. The number of aromatic nitrogens is 3. The van der Waals surface area contributed by atoms with Crippen LogP contribution < -0.4 is 5.32 Å². The highest BCUT2D eigenvalue weighted by Crippen LogP contribution is 2.38. The number of rotatable bonds is 8. The molecule has 0 saturated heterocycles. The Bertz CT molecular complexity index is 904. The van der Waals surface area contributed by atoms with E-state index in [9.17, 15) is 4.79 Å². The molecule has 0 atom stereocenters. The predicted octanol–water partition coefficient (Wildman–Crippen LogP) is 5.81. The molecule has 2 aliphatic carbocycles. The van der Waals surface area contributed by atoms with Crippen molar-refractivity contribution in [1.29, 1.82) is 0 Å². The Morgan fingerprint density at radius 1 is 1.17 bits per heavy atom. The standard InChI is InChI=1S/C23H29ClN4OS/c24-20-13-7-6-12-19(20)22-26-27-23(28(22)18-10-4-5-11-18)30-16-21(29)25-15-14-17-8-2-1-3-9-17/h6-8,12-13,18H,1-5,9-11,14-16H2,(H,25,29). The van der Waals surface area contributed by atoms with Gasteiger partial charge in [-0.1, -0.05) is 60.0 Å². The molecule has 2 aromatic rings. The molecule has 4 rings (SSSR count). The van der Waals surface area contributed by atoms with Crippen LogP contribution in [0.5, 0.6) is 0 Å². The molecule has 1 heterocycles. The molecule has 1 aromatic carbocycles. The zero-order valence-electron chi connectivity index (χ0n) is 17.3. The van der Waals surface area contributed by atoms with E-state index in [-0.39, 0.29) is 5.91 Å². The molecule has 1 N–H and O–H groups in total. The summed E-state index contributed by atoms with van der Waals surface area (Å²) in [6, 6.07) is 8.13. The number of hydrogen-bond donors (Lipinski definition) is 1. The van der Waals surface area contributed by atoms with Crippen LogP contribution in [0.2, 0.25) is 5.02 Å². The summed E-state index contributed by atoms with van der Waals surface area (Å²) >= 11 is 7.91. The predicted molar refractivity (Wildman–Crippen MR) is 123 cm³/mol. The molecule has 7 heteroatoms. The summed E-state index contributed by atoms with van der Waals surface area (Å²) < 4.78 is 2.21. The van der Waals surface area contributed by atoms with Crippen LogP contribution in [-0.4, -0.2) is 33.0 Å². The Hall–Kier alpha value is -1.79. The number of nitrogens with one attached hydrogen (secondary N) is 1. The average Bonchev–Trinajstić information content (AvgIpc) is 3.43. The van der Waals surface area contributed by atoms with Crippen LogP contribution in [0.3, 0.4) is 0 Å². The molecule has 0 unspecified atom stereocenters. The van der Waals surface area contributed by atoms with Gasteiger partial charge in [0.15, 0.2) is 11.0 Å². The van der Waals surface area contributed by atoms with Crippen molar-refractivity contribution in [2.75, 3.05) is 12.3 Å². The van der Waals surface area contributed by atoms with Crippen molar-refractivity contribution < 1.29 is 4.79 Å². The molecule has 1 amide bonds. The van der Waals surface area contributed by atoms with Crippen LogP contribution in [0.25, 0.3) is 11.4 Å². The third-order valence-electron chi connectivity index (χ3n) is 5.95. The fourth-order valence-corrected chi connectivity index (χ4v) is 5.42. The number of carbonyl (C=O) groups excluding carboxylic acids is 1. The first kappa shape index (κ1) is 21.4. The van der Waals surface area contributed by atoms with Crippen LogP contribution in [0.4, 0.5) is 0 Å². The normalized spacial score (nSPS) is 17.2. The Labute approximate surface area is 187 Å². The monoisotopic (exact) mass is 444 g/mol. The highest BCUT2D eigenvalue weighted by Gasteiger charge is 2.26. The van der Waals surface area contributed by atoms with Gasteiger partial charge in [-0.05, 0) is 57.1 Å². The van der Waals surface area contributed by atoms with E-state index >= 15 is 0 Å². The molecule has 30 heavy (non-hydrogen) atoms. The number of allylic oxidation sites excluding steroid dienone is 1. The lowest BCUT2D eigenvalue weighted by Crippen LogP contribution is -2.26. The summed E-state index contributed by atoms with van der Waals surface area (Å²) in [6.45, 7) is 0.714. The summed E-state index contributed by atoms with van der Waals surface area (Å²) in [5.41, 5.74) is 2.38. The summed E-state index contributed by atoms with van der Waals surface area (Å²) in [7, 11) is 0. The van der Waals surface area contributed by atoms with Crippen LogP contribution >= 0.6 is 23.4 Å². The number of halogens is 1. The van der Waals surface area contributed by atoms with Crippen molar-refractivity contribution in [3.63, 3.8) is 0 Å². The maximum atomic E-state index is 12.4. The molecule has 1 saturated carbocycles. The van der Waals surface area contributed by atoms with Gasteiger partial charge in [-0.15, -0.1) is 10.2 Å². The average molecular weight is 445 g/mol. The largest absolute Gasteiger partial charge is 0.355 e. The third-order valence-corrected chi connectivity index (χ3v) is 7.23. The smallest absolute Gasteiger partial charge is 0.230 e. The molecule has 0 spiro atoms. The van der Waals surface area contributed by atoms with E-state index in [1.165, 1.54) is 55.9 Å². The van der Waals surface area contributed by atoms with Crippen LogP contribution in [-0.2, 0) is 4.79 Å². The van der Waals surface area contributed by atoms with Gasteiger partial charge in [-0.25, -0.2) is 0 Å². The van der Waals surface area contributed by atoms with Crippen LogP contribution in [0.15, 0.2) is 41.1 Å². The van der Waals surface area contributed by atoms with Gasteiger partial charge in [0.2, 0.25) is 5.91 Å². The van der Waals surface area contributed by atoms with Gasteiger partial charge in [-0.2, -0.15) is 0 Å². The molecule has 0 aliphatic heterocycles. The van der Waals surface area contributed by atoms with Gasteiger partial charge in [0, 0.05) is 18.2 Å². The van der Waals surface area contributed by atoms with Crippen molar-refractivity contribution in [2.45, 2.75) is 69.0 Å². The van der Waals surface area contributed by atoms with Crippen LogP contribution in [0, 0.1) is 0 Å². The number of carbonyl (C=O) groups is 1. The van der Waals surface area contributed by atoms with Gasteiger partial charge in [0.05, 0.1) is 10.8 Å². The second kappa shape index (κ2) is 10.5. The van der Waals surface area contributed by atoms with Crippen molar-refractivity contribution >= 4 is 29.3 Å². The van der Waals surface area contributed by atoms with Gasteiger partial charge in [-0.3, -0.25) is 9.36 Å². The van der Waals surface area contributed by atoms with E-state index in [0.717, 1.165) is 35.8 Å². The lowest BCUT2D eigenvalue weighted by Gasteiger charge is -2.17. The lowest BCUT2D eigenvalue weighted by molar-refractivity contribution is -0.118. The van der Waals surface area contributed by atoms with E-state index in [4.69, 9.17) is 11.6 Å². The second-order valence-corrected chi connectivity index (χ2v) is 9.44. The molecule has 5 nitrogen and oxygen atoms in total. The van der Waals surface area contributed by atoms with E-state index < -0.39 is 0 Å². The first-order valence-corrected chi connectivity index (χ1v) is 12.4. The van der Waals surface area contributed by atoms with E-state index in [2.05, 4.69) is 26.2 Å².